The largest absolute Gasteiger partial charge is 0.313 e. The van der Waals surface area contributed by atoms with Gasteiger partial charge in [0, 0.05) is 11.3 Å². The van der Waals surface area contributed by atoms with E-state index in [9.17, 15) is 0 Å². The molecule has 3 unspecified atom stereocenters. The summed E-state index contributed by atoms with van der Waals surface area (Å²) in [5.74, 6) is 0.654. The molecule has 0 bridgehead atoms. The molecule has 2 N–H and O–H groups in total. The average Bonchev–Trinajstić information content (AvgIpc) is 3.03. The second-order valence-corrected chi connectivity index (χ2v) is 6.76. The highest BCUT2D eigenvalue weighted by atomic mass is 32.2. The van der Waals surface area contributed by atoms with Crippen LogP contribution in [0.5, 0.6) is 0 Å². The van der Waals surface area contributed by atoms with E-state index in [0.717, 1.165) is 11.7 Å². The summed E-state index contributed by atoms with van der Waals surface area (Å²) in [5.41, 5.74) is 1.47. The van der Waals surface area contributed by atoms with E-state index in [1.54, 1.807) is 6.33 Å². The summed E-state index contributed by atoms with van der Waals surface area (Å²) in [4.78, 5) is 4.27. The predicted octanol–water partition coefficient (Wildman–Crippen LogP) is 3.21. The number of hydrogen-bond donors (Lipinski definition) is 2. The zero-order valence-corrected chi connectivity index (χ0v) is 13.1. The molecule has 112 valence electrons. The first-order valence-electron chi connectivity index (χ1n) is 7.67. The Labute approximate surface area is 130 Å². The highest BCUT2D eigenvalue weighted by Gasteiger charge is 2.32. The first-order chi connectivity index (χ1) is 10.4. The highest BCUT2D eigenvalue weighted by molar-refractivity contribution is 7.99. The van der Waals surface area contributed by atoms with Gasteiger partial charge in [-0.3, -0.25) is 5.10 Å². The van der Waals surface area contributed by atoms with Crippen molar-refractivity contribution in [1.29, 1.82) is 0 Å². The minimum absolute atomic E-state index is 0.539. The fourth-order valence-electron chi connectivity index (χ4n) is 3.18. The lowest BCUT2D eigenvalue weighted by Crippen LogP contribution is -2.42. The maximum Gasteiger partial charge on any atom is 0.183 e. The van der Waals surface area contributed by atoms with Crippen LogP contribution in [-0.4, -0.2) is 33.0 Å². The predicted molar refractivity (Wildman–Crippen MR) is 86.5 cm³/mol. The van der Waals surface area contributed by atoms with Gasteiger partial charge in [0.1, 0.15) is 6.33 Å². The van der Waals surface area contributed by atoms with Crippen molar-refractivity contribution in [2.24, 2.45) is 0 Å². The lowest BCUT2D eigenvalue weighted by molar-refractivity contribution is 0.357. The van der Waals surface area contributed by atoms with Crippen LogP contribution in [0.2, 0.25) is 0 Å². The maximum atomic E-state index is 4.27. The van der Waals surface area contributed by atoms with Crippen molar-refractivity contribution in [3.63, 3.8) is 0 Å². The number of benzene rings is 1. The number of rotatable bonds is 5. The zero-order valence-electron chi connectivity index (χ0n) is 12.3. The van der Waals surface area contributed by atoms with Gasteiger partial charge < -0.3 is 5.32 Å². The zero-order chi connectivity index (χ0) is 14.5. The first-order valence-corrected chi connectivity index (χ1v) is 8.55. The second-order valence-electron chi connectivity index (χ2n) is 5.53. The minimum atomic E-state index is 0.539. The summed E-state index contributed by atoms with van der Waals surface area (Å²) in [6.07, 6.45) is 5.25. The summed E-state index contributed by atoms with van der Waals surface area (Å²) in [6, 6.07) is 11.5. The molecule has 0 radical (unpaired) electrons. The van der Waals surface area contributed by atoms with Crippen LogP contribution in [0.4, 0.5) is 0 Å². The van der Waals surface area contributed by atoms with Gasteiger partial charge in [-0.15, -0.1) is 0 Å². The maximum absolute atomic E-state index is 4.27. The molecule has 1 fully saturated rings. The van der Waals surface area contributed by atoms with Crippen LogP contribution >= 0.6 is 11.8 Å². The molecule has 1 aliphatic rings. The molecular formula is C16H22N4S. The van der Waals surface area contributed by atoms with E-state index < -0.39 is 0 Å². The fourth-order valence-corrected chi connectivity index (χ4v) is 4.40. The van der Waals surface area contributed by atoms with Gasteiger partial charge in [0.2, 0.25) is 0 Å². The van der Waals surface area contributed by atoms with Gasteiger partial charge in [0.15, 0.2) is 5.16 Å². The summed E-state index contributed by atoms with van der Waals surface area (Å²) >= 11 is 1.83. The van der Waals surface area contributed by atoms with E-state index in [-0.39, 0.29) is 0 Å². The van der Waals surface area contributed by atoms with Crippen molar-refractivity contribution >= 4 is 11.8 Å². The molecule has 0 saturated heterocycles. The van der Waals surface area contributed by atoms with Crippen LogP contribution < -0.4 is 5.32 Å². The van der Waals surface area contributed by atoms with Gasteiger partial charge in [0.05, 0.1) is 0 Å². The summed E-state index contributed by atoms with van der Waals surface area (Å²) in [6.45, 7) is 3.20. The lowest BCUT2D eigenvalue weighted by Gasteiger charge is -2.36. The molecule has 0 amide bonds. The Hall–Kier alpha value is -1.33. The normalized spacial score (nSPS) is 25.9. The molecule has 2 aromatic rings. The van der Waals surface area contributed by atoms with Gasteiger partial charge in [-0.25, -0.2) is 4.98 Å². The smallest absolute Gasteiger partial charge is 0.183 e. The third-order valence-corrected chi connectivity index (χ3v) is 5.43. The van der Waals surface area contributed by atoms with Crippen molar-refractivity contribution in [2.45, 2.75) is 48.6 Å². The Bertz CT molecular complexity index is 528. The van der Waals surface area contributed by atoms with Gasteiger partial charge >= 0.3 is 0 Å². The van der Waals surface area contributed by atoms with Gasteiger partial charge in [-0.1, -0.05) is 49.0 Å². The lowest BCUT2D eigenvalue weighted by atomic mass is 9.81. The second kappa shape index (κ2) is 7.09. The minimum Gasteiger partial charge on any atom is -0.313 e. The summed E-state index contributed by atoms with van der Waals surface area (Å²) < 4.78 is 0. The molecule has 3 rings (SSSR count). The topological polar surface area (TPSA) is 53.6 Å². The third-order valence-electron chi connectivity index (χ3n) is 4.18. The van der Waals surface area contributed by atoms with Crippen LogP contribution in [0.3, 0.4) is 0 Å². The molecular weight excluding hydrogens is 280 g/mol. The quantitative estimate of drug-likeness (QED) is 0.890. The molecule has 1 heterocycles. The molecule has 3 atom stereocenters. The Morgan fingerprint density at radius 1 is 1.29 bits per heavy atom. The number of thioether (sulfide) groups is 1. The van der Waals surface area contributed by atoms with E-state index in [0.29, 0.717) is 17.2 Å². The van der Waals surface area contributed by atoms with Crippen molar-refractivity contribution in [1.82, 2.24) is 20.5 Å². The van der Waals surface area contributed by atoms with Gasteiger partial charge in [-0.05, 0) is 37.3 Å². The van der Waals surface area contributed by atoms with E-state index in [1.165, 1.54) is 24.8 Å². The molecule has 1 aliphatic carbocycles. The molecule has 21 heavy (non-hydrogen) atoms. The van der Waals surface area contributed by atoms with Crippen LogP contribution in [0.15, 0.2) is 41.8 Å². The van der Waals surface area contributed by atoms with Crippen LogP contribution in [0, 0.1) is 0 Å². The number of aromatic nitrogens is 3. The molecule has 0 aliphatic heterocycles. The van der Waals surface area contributed by atoms with Gasteiger partial charge in [0.25, 0.3) is 0 Å². The first kappa shape index (κ1) is 14.6. The third kappa shape index (κ3) is 3.66. The van der Waals surface area contributed by atoms with E-state index in [4.69, 9.17) is 0 Å². The van der Waals surface area contributed by atoms with Crippen LogP contribution in [0.1, 0.15) is 37.7 Å². The van der Waals surface area contributed by atoms with Crippen molar-refractivity contribution in [3.8, 4) is 0 Å². The summed E-state index contributed by atoms with van der Waals surface area (Å²) in [5, 5.41) is 12.0. The van der Waals surface area contributed by atoms with Crippen molar-refractivity contribution < 1.29 is 0 Å². The number of H-pyrrole nitrogens is 1. The van der Waals surface area contributed by atoms with E-state index >= 15 is 0 Å². The van der Waals surface area contributed by atoms with Crippen molar-refractivity contribution in [3.05, 3.63) is 42.2 Å². The molecule has 1 aromatic carbocycles. The Morgan fingerprint density at radius 3 is 2.86 bits per heavy atom. The number of nitrogens with one attached hydrogen (secondary N) is 2. The average molecular weight is 302 g/mol. The highest BCUT2D eigenvalue weighted by Crippen LogP contribution is 2.39. The molecule has 4 nitrogen and oxygen atoms in total. The number of aromatic amines is 1. The fraction of sp³-hybridized carbons (Fsp3) is 0.500. The standard InChI is InChI=1S/C16H22N4S/c1-2-17-14-9-8-13(12-6-4-3-5-7-12)10-15(14)21-16-18-11-19-20-16/h3-7,11,13-15,17H,2,8-10H2,1H3,(H,18,19,20). The SMILES string of the molecule is CCNC1CCC(c2ccccc2)CC1Sc1ncn[nH]1. The number of nitrogens with zero attached hydrogens (tertiary/aromatic N) is 2. The molecule has 1 saturated carbocycles. The Kier molecular flexibility index (Phi) is 4.93. The Morgan fingerprint density at radius 2 is 2.14 bits per heavy atom. The molecule has 1 aromatic heterocycles. The van der Waals surface area contributed by atoms with Crippen molar-refractivity contribution in [2.75, 3.05) is 6.54 Å². The molecule has 5 heteroatoms. The van der Waals surface area contributed by atoms with E-state index in [2.05, 4.69) is 57.8 Å². The van der Waals surface area contributed by atoms with Crippen LogP contribution in [-0.2, 0) is 0 Å². The monoisotopic (exact) mass is 302 g/mol. The van der Waals surface area contributed by atoms with E-state index in [1.807, 2.05) is 11.8 Å². The number of hydrogen-bond acceptors (Lipinski definition) is 4. The molecule has 0 spiro atoms. The van der Waals surface area contributed by atoms with Crippen LogP contribution in [0.25, 0.3) is 0 Å². The van der Waals surface area contributed by atoms with Gasteiger partial charge in [-0.2, -0.15) is 5.10 Å². The Balaban J connectivity index is 1.72. The summed E-state index contributed by atoms with van der Waals surface area (Å²) in [7, 11) is 0.